The minimum absolute atomic E-state index is 0. The van der Waals surface area contributed by atoms with Gasteiger partial charge in [-0.3, -0.25) is 20.2 Å². The average molecular weight is 931 g/mol. The molecule has 2 aromatic heterocycles. The van der Waals surface area contributed by atoms with Gasteiger partial charge in [-0.25, -0.2) is 0 Å². The quantitative estimate of drug-likeness (QED) is 0.167. The fourth-order valence-electron chi connectivity index (χ4n) is 2.94. The van der Waals surface area contributed by atoms with Gasteiger partial charge in [-0.15, -0.1) is 23.5 Å². The van der Waals surface area contributed by atoms with Crippen molar-refractivity contribution in [1.82, 2.24) is 30.2 Å². The Bertz CT molecular complexity index is 1210. The fraction of sp³-hybridized carbons (Fsp3) is 0.0769. The van der Waals surface area contributed by atoms with Crippen molar-refractivity contribution in [3.63, 3.8) is 0 Å². The van der Waals surface area contributed by atoms with Gasteiger partial charge in [-0.1, -0.05) is 36.4 Å². The first-order valence-electron chi connectivity index (χ1n) is 11.5. The molecule has 0 spiro atoms. The first-order chi connectivity index (χ1) is 19.3. The third kappa shape index (κ3) is 12.1. The van der Waals surface area contributed by atoms with Crippen molar-refractivity contribution in [2.45, 2.75) is 0 Å². The van der Waals surface area contributed by atoms with Gasteiger partial charge in [-0.2, -0.15) is 37.9 Å². The van der Waals surface area contributed by atoms with Crippen LogP contribution in [0.1, 0.15) is 0 Å². The van der Waals surface area contributed by atoms with E-state index in [1.807, 2.05) is 71.8 Å². The second kappa shape index (κ2) is 18.9. The van der Waals surface area contributed by atoms with E-state index in [1.54, 1.807) is 49.1 Å². The van der Waals surface area contributed by atoms with Crippen LogP contribution in [0, 0.1) is 45.7 Å². The molecule has 2 aliphatic heterocycles. The van der Waals surface area contributed by atoms with E-state index in [2.05, 4.69) is 32.5 Å². The van der Waals surface area contributed by atoms with Crippen LogP contribution in [-0.2, 0) is 42.1 Å². The molecule has 0 bridgehead atoms. The van der Waals surface area contributed by atoms with Crippen molar-refractivity contribution < 1.29 is 52.0 Å². The number of hydrogen-bond donors (Lipinski definition) is 0. The summed E-state index contributed by atoms with van der Waals surface area (Å²) >= 11 is 0. The molecule has 0 radical (unpaired) electrons. The molecule has 0 unspecified atom stereocenters. The summed E-state index contributed by atoms with van der Waals surface area (Å²) in [5.41, 5.74) is 1.66. The molecule has 0 fully saturated rings. The SMILES string of the molecule is CN1C=CN(c2[c-]cc([N+](=O)[O-])cc2)[CH-]1.CN1C=CN(c2[c-]cc([N+](=O)[O-])cc2)[CH-]1.[Pt].[Pt].c1cn[n-]c1.c1cn[n-]c1. The van der Waals surface area contributed by atoms with Crippen LogP contribution in [0.5, 0.6) is 0 Å². The van der Waals surface area contributed by atoms with E-state index >= 15 is 0 Å². The zero-order chi connectivity index (χ0) is 28.7. The second-order valence-electron chi connectivity index (χ2n) is 7.79. The third-order valence-electron chi connectivity index (χ3n) is 4.82. The van der Waals surface area contributed by atoms with Gasteiger partial charge in [0.05, 0.1) is 0 Å². The summed E-state index contributed by atoms with van der Waals surface area (Å²) in [6.45, 7) is 3.72. The molecule has 228 valence electrons. The normalized spacial score (nSPS) is 12.4. The summed E-state index contributed by atoms with van der Waals surface area (Å²) in [5.74, 6) is 0. The van der Waals surface area contributed by atoms with Gasteiger partial charge < -0.3 is 40.0 Å². The van der Waals surface area contributed by atoms with Gasteiger partial charge in [0, 0.05) is 64.4 Å². The summed E-state index contributed by atoms with van der Waals surface area (Å²) in [6.07, 6.45) is 14.0. The average Bonchev–Trinajstić information content (AvgIpc) is 3.79. The molecule has 0 aliphatic carbocycles. The topological polar surface area (TPSA) is 153 Å². The number of nitrogens with zero attached hydrogens (tertiary/aromatic N) is 10. The predicted octanol–water partition coefficient (Wildman–Crippen LogP) is 3.55. The standard InChI is InChI=1S/2C10H9N3O2.2C3H3N2.2Pt/c2*1-11-6-7-12(8-11)9-2-4-10(5-3-9)13(14)15;2*1-2-4-5-3-1;;/h2*2,4-8H,1H3;2*1-3H;;/q2*-2;2*-1;;. The molecule has 0 atom stereocenters. The maximum atomic E-state index is 10.4. The molecule has 0 saturated carbocycles. The largest absolute Gasteiger partial charge is 0.582 e. The number of anilines is 2. The molecule has 4 heterocycles. The molecular weight excluding hydrogens is 907 g/mol. The molecule has 14 nitrogen and oxygen atoms in total. The Morgan fingerprint density at radius 3 is 1.31 bits per heavy atom. The summed E-state index contributed by atoms with van der Waals surface area (Å²) < 4.78 is 0. The van der Waals surface area contributed by atoms with E-state index in [-0.39, 0.29) is 53.5 Å². The zero-order valence-corrected chi connectivity index (χ0v) is 26.7. The van der Waals surface area contributed by atoms with Crippen molar-refractivity contribution in [3.05, 3.63) is 144 Å². The van der Waals surface area contributed by atoms with Crippen LogP contribution in [0.15, 0.2) is 98.1 Å². The Kier molecular flexibility index (Phi) is 16.1. The molecule has 4 aromatic rings. The number of non-ortho nitro benzene ring substituents is 2. The second-order valence-corrected chi connectivity index (χ2v) is 7.79. The maximum absolute atomic E-state index is 10.4. The summed E-state index contributed by atoms with van der Waals surface area (Å²) in [6, 6.07) is 18.3. The van der Waals surface area contributed by atoms with Crippen molar-refractivity contribution in [2.75, 3.05) is 23.9 Å². The Hall–Kier alpha value is -4.28. The van der Waals surface area contributed by atoms with Crippen LogP contribution in [0.4, 0.5) is 22.7 Å². The van der Waals surface area contributed by atoms with Crippen LogP contribution in [0.2, 0.25) is 0 Å². The Balaban J connectivity index is 0.000000306. The predicted molar refractivity (Wildman–Crippen MR) is 146 cm³/mol. The van der Waals surface area contributed by atoms with E-state index < -0.39 is 9.85 Å². The van der Waals surface area contributed by atoms with Crippen molar-refractivity contribution >= 4 is 22.7 Å². The number of benzene rings is 2. The molecule has 6 rings (SSSR count). The van der Waals surface area contributed by atoms with E-state index in [0.717, 1.165) is 11.4 Å². The number of hydrogen-bond acceptors (Lipinski definition) is 10. The number of aromatic nitrogens is 4. The monoisotopic (exact) mass is 930 g/mol. The Labute approximate surface area is 271 Å². The summed E-state index contributed by atoms with van der Waals surface area (Å²) in [5, 5.41) is 34.7. The smallest absolute Gasteiger partial charge is 0.163 e. The zero-order valence-electron chi connectivity index (χ0n) is 22.1. The van der Waals surface area contributed by atoms with Crippen LogP contribution in [-0.4, -0.2) is 43.9 Å². The molecule has 2 aliphatic rings. The van der Waals surface area contributed by atoms with Crippen LogP contribution < -0.4 is 20.0 Å². The van der Waals surface area contributed by atoms with Gasteiger partial charge in [0.1, 0.15) is 0 Å². The summed E-state index contributed by atoms with van der Waals surface area (Å²) in [4.78, 5) is 27.4. The van der Waals surface area contributed by atoms with Gasteiger partial charge >= 0.3 is 0 Å². The van der Waals surface area contributed by atoms with Gasteiger partial charge in [0.25, 0.3) is 0 Å². The van der Waals surface area contributed by atoms with Crippen molar-refractivity contribution in [2.24, 2.45) is 0 Å². The van der Waals surface area contributed by atoms with Gasteiger partial charge in [0.15, 0.2) is 11.4 Å². The molecule has 2 aromatic carbocycles. The fourth-order valence-corrected chi connectivity index (χ4v) is 2.94. The van der Waals surface area contributed by atoms with E-state index in [0.29, 0.717) is 0 Å². The van der Waals surface area contributed by atoms with Crippen LogP contribution >= 0.6 is 0 Å². The first-order valence-corrected chi connectivity index (χ1v) is 11.5. The first kappa shape index (κ1) is 35.7. The molecule has 0 saturated heterocycles. The Morgan fingerprint density at radius 2 is 1.12 bits per heavy atom. The summed E-state index contributed by atoms with van der Waals surface area (Å²) in [7, 11) is 3.81. The molecule has 42 heavy (non-hydrogen) atoms. The van der Waals surface area contributed by atoms with Crippen LogP contribution in [0.3, 0.4) is 0 Å². The van der Waals surface area contributed by atoms with E-state index in [9.17, 15) is 20.2 Å². The number of nitro groups is 2. The third-order valence-corrected chi connectivity index (χ3v) is 4.82. The molecular formula is C26H24N10O4Pt2-6. The minimum atomic E-state index is -0.435. The molecule has 0 amide bonds. The van der Waals surface area contributed by atoms with E-state index in [1.165, 1.54) is 24.3 Å². The van der Waals surface area contributed by atoms with E-state index in [4.69, 9.17) is 0 Å². The molecule has 0 N–H and O–H groups in total. The van der Waals surface area contributed by atoms with Crippen LogP contribution in [0.25, 0.3) is 0 Å². The Morgan fingerprint density at radius 1 is 0.714 bits per heavy atom. The number of rotatable bonds is 4. The molecule has 16 heteroatoms. The van der Waals surface area contributed by atoms with Gasteiger partial charge in [0.2, 0.25) is 0 Å². The van der Waals surface area contributed by atoms with Crippen molar-refractivity contribution in [3.8, 4) is 0 Å². The van der Waals surface area contributed by atoms with Gasteiger partial charge in [-0.05, 0) is 38.9 Å². The minimum Gasteiger partial charge on any atom is -0.582 e. The maximum Gasteiger partial charge on any atom is 0.163 e. The number of nitro benzene ring substituents is 2. The van der Waals surface area contributed by atoms with Crippen molar-refractivity contribution in [1.29, 1.82) is 0 Å².